The van der Waals surface area contributed by atoms with E-state index in [4.69, 9.17) is 16.3 Å². The number of halogens is 1. The zero-order chi connectivity index (χ0) is 20.1. The molecule has 5 heterocycles. The highest BCUT2D eigenvalue weighted by molar-refractivity contribution is 6.29. The largest absolute Gasteiger partial charge is 0.443 e. The van der Waals surface area contributed by atoms with Crippen LogP contribution in [-0.2, 0) is 4.74 Å². The number of anilines is 1. The number of nitrogens with one attached hydrogen (secondary N) is 2. The molecule has 9 heteroatoms. The van der Waals surface area contributed by atoms with E-state index in [2.05, 4.69) is 34.6 Å². The van der Waals surface area contributed by atoms with Gasteiger partial charge in [-0.05, 0) is 31.6 Å². The number of carbonyl (C=O) groups excluding carboxylic acids is 1. The lowest BCUT2D eigenvalue weighted by atomic mass is 9.98. The first-order valence-electron chi connectivity index (χ1n) is 10.5. The zero-order valence-corrected chi connectivity index (χ0v) is 17.5. The van der Waals surface area contributed by atoms with Gasteiger partial charge in [-0.25, -0.2) is 9.78 Å². The lowest BCUT2D eigenvalue weighted by molar-refractivity contribution is 0.0194. The summed E-state index contributed by atoms with van der Waals surface area (Å²) in [5.41, 5.74) is 1.88. The monoisotopic (exact) mass is 418 g/mol. The van der Waals surface area contributed by atoms with E-state index >= 15 is 0 Å². The van der Waals surface area contributed by atoms with Crippen LogP contribution in [0.3, 0.4) is 0 Å². The molecule has 156 valence electrons. The first-order valence-corrected chi connectivity index (χ1v) is 10.9. The molecule has 2 unspecified atom stereocenters. The molecule has 3 saturated heterocycles. The van der Waals surface area contributed by atoms with Crippen LogP contribution in [0.25, 0.3) is 5.65 Å². The van der Waals surface area contributed by atoms with Crippen LogP contribution in [0.5, 0.6) is 0 Å². The van der Waals surface area contributed by atoms with Crippen molar-refractivity contribution in [1.82, 2.24) is 24.8 Å². The van der Waals surface area contributed by atoms with E-state index in [0.29, 0.717) is 11.1 Å². The Kier molecular flexibility index (Phi) is 4.78. The SMILES string of the molecule is CC(C)c1cnn2c(NC3CC4CCC(C3)N4C(=O)OC3CNC3)cc(Cl)nc12. The van der Waals surface area contributed by atoms with Gasteiger partial charge in [-0.3, -0.25) is 0 Å². The summed E-state index contributed by atoms with van der Waals surface area (Å²) < 4.78 is 7.46. The number of amides is 1. The van der Waals surface area contributed by atoms with E-state index in [9.17, 15) is 4.79 Å². The van der Waals surface area contributed by atoms with Crippen LogP contribution in [0.2, 0.25) is 5.15 Å². The number of carbonyl (C=O) groups is 1. The lowest BCUT2D eigenvalue weighted by Crippen LogP contribution is -2.55. The van der Waals surface area contributed by atoms with Crippen molar-refractivity contribution < 1.29 is 9.53 Å². The fourth-order valence-corrected chi connectivity index (χ4v) is 4.99. The second-order valence-corrected chi connectivity index (χ2v) is 9.11. The second-order valence-electron chi connectivity index (χ2n) is 8.72. The molecule has 2 atom stereocenters. The Balaban J connectivity index is 1.32. The van der Waals surface area contributed by atoms with Crippen molar-refractivity contribution in [2.45, 2.75) is 69.7 Å². The number of piperidine rings is 1. The number of ether oxygens (including phenoxy) is 1. The van der Waals surface area contributed by atoms with E-state index < -0.39 is 0 Å². The first kappa shape index (κ1) is 18.9. The standard InChI is InChI=1S/C20H27ClN6O2/c1-11(2)16-10-23-27-18(7-17(21)25-19(16)27)24-12-5-13-3-4-14(6-12)26(13)20(28)29-15-8-22-9-15/h7,10-15,22,24H,3-6,8-9H2,1-2H3. The van der Waals surface area contributed by atoms with Crippen molar-refractivity contribution >= 4 is 29.2 Å². The molecule has 5 rings (SSSR count). The Hall–Kier alpha value is -2.06. The van der Waals surface area contributed by atoms with Crippen molar-refractivity contribution in [1.29, 1.82) is 0 Å². The smallest absolute Gasteiger partial charge is 0.410 e. The van der Waals surface area contributed by atoms with Crippen molar-refractivity contribution in [3.8, 4) is 0 Å². The average Bonchev–Trinajstić information content (AvgIpc) is 3.17. The van der Waals surface area contributed by atoms with Gasteiger partial charge in [0.1, 0.15) is 17.1 Å². The van der Waals surface area contributed by atoms with Gasteiger partial charge in [0.25, 0.3) is 0 Å². The molecule has 2 aromatic heterocycles. The third kappa shape index (κ3) is 3.42. The molecular formula is C20H27ClN6O2. The molecule has 3 aliphatic rings. The molecule has 3 aliphatic heterocycles. The summed E-state index contributed by atoms with van der Waals surface area (Å²) >= 11 is 6.31. The number of rotatable bonds is 4. The van der Waals surface area contributed by atoms with Crippen LogP contribution in [0.15, 0.2) is 12.3 Å². The van der Waals surface area contributed by atoms with Crippen LogP contribution in [-0.4, -0.2) is 62.9 Å². The van der Waals surface area contributed by atoms with Crippen molar-refractivity contribution in [3.63, 3.8) is 0 Å². The molecule has 3 fully saturated rings. The van der Waals surface area contributed by atoms with Gasteiger partial charge in [0.05, 0.1) is 6.20 Å². The molecule has 2 bridgehead atoms. The molecule has 0 aromatic carbocycles. The fourth-order valence-electron chi connectivity index (χ4n) is 4.81. The van der Waals surface area contributed by atoms with Gasteiger partial charge in [0.2, 0.25) is 0 Å². The van der Waals surface area contributed by atoms with E-state index in [-0.39, 0.29) is 30.3 Å². The third-order valence-corrected chi connectivity index (χ3v) is 6.59. The maximum atomic E-state index is 12.6. The predicted molar refractivity (Wildman–Crippen MR) is 111 cm³/mol. The number of aromatic nitrogens is 3. The highest BCUT2D eigenvalue weighted by Crippen LogP contribution is 2.38. The minimum atomic E-state index is -0.148. The van der Waals surface area contributed by atoms with Gasteiger partial charge in [-0.15, -0.1) is 0 Å². The Labute approximate surface area is 174 Å². The van der Waals surface area contributed by atoms with Crippen LogP contribution >= 0.6 is 11.6 Å². The topological polar surface area (TPSA) is 83.8 Å². The molecule has 2 N–H and O–H groups in total. The van der Waals surface area contributed by atoms with Gasteiger partial charge < -0.3 is 20.3 Å². The molecule has 0 radical (unpaired) electrons. The summed E-state index contributed by atoms with van der Waals surface area (Å²) in [5.74, 6) is 1.18. The van der Waals surface area contributed by atoms with Crippen molar-refractivity contribution in [3.05, 3.63) is 23.0 Å². The predicted octanol–water partition coefficient (Wildman–Crippen LogP) is 3.02. The Morgan fingerprint density at radius 2 is 2.03 bits per heavy atom. The summed E-state index contributed by atoms with van der Waals surface area (Å²) in [7, 11) is 0. The molecule has 2 aromatic rings. The quantitative estimate of drug-likeness (QED) is 0.742. The minimum Gasteiger partial charge on any atom is -0.443 e. The Morgan fingerprint density at radius 3 is 2.66 bits per heavy atom. The van der Waals surface area contributed by atoms with Gasteiger partial charge in [-0.1, -0.05) is 25.4 Å². The van der Waals surface area contributed by atoms with Crippen LogP contribution in [0.4, 0.5) is 10.6 Å². The van der Waals surface area contributed by atoms with E-state index in [1.54, 1.807) is 0 Å². The third-order valence-electron chi connectivity index (χ3n) is 6.40. The van der Waals surface area contributed by atoms with Crippen molar-refractivity contribution in [2.75, 3.05) is 18.4 Å². The molecule has 0 spiro atoms. The van der Waals surface area contributed by atoms with Crippen LogP contribution in [0, 0.1) is 0 Å². The molecule has 29 heavy (non-hydrogen) atoms. The summed E-state index contributed by atoms with van der Waals surface area (Å²) in [4.78, 5) is 19.1. The van der Waals surface area contributed by atoms with Crippen LogP contribution < -0.4 is 10.6 Å². The molecule has 0 saturated carbocycles. The van der Waals surface area contributed by atoms with Gasteiger partial charge in [0.15, 0.2) is 5.65 Å². The summed E-state index contributed by atoms with van der Waals surface area (Å²) in [6.45, 7) is 5.78. The lowest BCUT2D eigenvalue weighted by Gasteiger charge is -2.40. The number of fused-ring (bicyclic) bond motifs is 3. The number of nitrogens with zero attached hydrogens (tertiary/aromatic N) is 4. The summed E-state index contributed by atoms with van der Waals surface area (Å²) in [6, 6.07) is 2.54. The summed E-state index contributed by atoms with van der Waals surface area (Å²) in [6.07, 6.45) is 5.61. The van der Waals surface area contributed by atoms with Gasteiger partial charge in [0, 0.05) is 42.8 Å². The minimum absolute atomic E-state index is 0.0277. The highest BCUT2D eigenvalue weighted by Gasteiger charge is 2.45. The fraction of sp³-hybridized carbons (Fsp3) is 0.650. The number of hydrogen-bond acceptors (Lipinski definition) is 6. The molecular weight excluding hydrogens is 392 g/mol. The van der Waals surface area contributed by atoms with E-state index in [1.807, 2.05) is 21.7 Å². The van der Waals surface area contributed by atoms with Crippen LogP contribution in [0.1, 0.15) is 51.0 Å². The van der Waals surface area contributed by atoms with Gasteiger partial charge in [-0.2, -0.15) is 9.61 Å². The maximum absolute atomic E-state index is 12.6. The van der Waals surface area contributed by atoms with Crippen molar-refractivity contribution in [2.24, 2.45) is 0 Å². The Bertz CT molecular complexity index is 913. The average molecular weight is 419 g/mol. The highest BCUT2D eigenvalue weighted by atomic mass is 35.5. The Morgan fingerprint density at radius 1 is 1.31 bits per heavy atom. The first-order chi connectivity index (χ1) is 14.0. The molecule has 8 nitrogen and oxygen atoms in total. The molecule has 0 aliphatic carbocycles. The zero-order valence-electron chi connectivity index (χ0n) is 16.8. The summed E-state index contributed by atoms with van der Waals surface area (Å²) in [5, 5.41) is 11.8. The maximum Gasteiger partial charge on any atom is 0.410 e. The van der Waals surface area contributed by atoms with E-state index in [1.165, 1.54) is 0 Å². The van der Waals surface area contributed by atoms with E-state index in [0.717, 1.165) is 55.8 Å². The normalized spacial score (nSPS) is 26.8. The number of hydrogen-bond donors (Lipinski definition) is 2. The molecule has 1 amide bonds. The second kappa shape index (κ2) is 7.32. The van der Waals surface area contributed by atoms with Gasteiger partial charge >= 0.3 is 6.09 Å².